The molecule has 5 nitrogen and oxygen atoms in total. The number of nitriles is 1. The highest BCUT2D eigenvalue weighted by Gasteiger charge is 2.11. The van der Waals surface area contributed by atoms with Gasteiger partial charge in [0.2, 0.25) is 5.95 Å². The Balaban J connectivity index is 1.68. The summed E-state index contributed by atoms with van der Waals surface area (Å²) in [5.41, 5.74) is 4.52. The summed E-state index contributed by atoms with van der Waals surface area (Å²) in [4.78, 5) is 11.6. The van der Waals surface area contributed by atoms with Gasteiger partial charge in [0.1, 0.15) is 5.82 Å². The van der Waals surface area contributed by atoms with Crippen molar-refractivity contribution in [2.45, 2.75) is 6.54 Å². The first kappa shape index (κ1) is 19.2. The van der Waals surface area contributed by atoms with Gasteiger partial charge in [-0.1, -0.05) is 60.7 Å². The summed E-state index contributed by atoms with van der Waals surface area (Å²) >= 11 is 0. The molecule has 0 aliphatic carbocycles. The molecule has 4 rings (SSSR count). The van der Waals surface area contributed by atoms with E-state index in [2.05, 4.69) is 28.4 Å². The molecule has 1 N–H and O–H groups in total. The van der Waals surface area contributed by atoms with Crippen molar-refractivity contribution >= 4 is 17.5 Å². The van der Waals surface area contributed by atoms with Crippen molar-refractivity contribution in [1.82, 2.24) is 9.97 Å². The Labute approximate surface area is 176 Å². The molecule has 0 bridgehead atoms. The minimum Gasteiger partial charge on any atom is -0.355 e. The first-order chi connectivity index (χ1) is 14.7. The van der Waals surface area contributed by atoms with Gasteiger partial charge in [-0.05, 0) is 29.8 Å². The molecule has 0 atom stereocenters. The van der Waals surface area contributed by atoms with E-state index >= 15 is 0 Å². The zero-order valence-electron chi connectivity index (χ0n) is 16.7. The number of aromatic nitrogens is 2. The molecule has 0 aliphatic heterocycles. The van der Waals surface area contributed by atoms with Gasteiger partial charge in [-0.15, -0.1) is 0 Å². The summed E-state index contributed by atoms with van der Waals surface area (Å²) in [6.45, 7) is 0.738. The molecule has 1 aromatic heterocycles. The Morgan fingerprint density at radius 3 is 2.20 bits per heavy atom. The number of hydrogen-bond donors (Lipinski definition) is 1. The van der Waals surface area contributed by atoms with Gasteiger partial charge in [-0.3, -0.25) is 0 Å². The molecule has 0 spiro atoms. The largest absolute Gasteiger partial charge is 0.355 e. The second-order valence-electron chi connectivity index (χ2n) is 6.96. The van der Waals surface area contributed by atoms with Gasteiger partial charge in [-0.25, -0.2) is 4.98 Å². The normalized spacial score (nSPS) is 10.3. The van der Waals surface area contributed by atoms with E-state index in [0.717, 1.165) is 29.3 Å². The van der Waals surface area contributed by atoms with E-state index in [1.165, 1.54) is 5.56 Å². The van der Waals surface area contributed by atoms with Crippen LogP contribution in [-0.4, -0.2) is 17.0 Å². The molecule has 4 aromatic rings. The number of benzene rings is 3. The predicted octanol–water partition coefficient (Wildman–Crippen LogP) is 5.40. The highest BCUT2D eigenvalue weighted by Crippen LogP contribution is 2.25. The lowest BCUT2D eigenvalue weighted by atomic mass is 10.1. The van der Waals surface area contributed by atoms with Crippen LogP contribution in [0.1, 0.15) is 11.1 Å². The molecule has 0 saturated carbocycles. The zero-order chi connectivity index (χ0) is 20.8. The maximum Gasteiger partial charge on any atom is 0.229 e. The topological polar surface area (TPSA) is 64.8 Å². The average Bonchev–Trinajstić information content (AvgIpc) is 2.80. The smallest absolute Gasteiger partial charge is 0.229 e. The van der Waals surface area contributed by atoms with Crippen molar-refractivity contribution in [2.75, 3.05) is 17.3 Å². The Hall–Kier alpha value is -4.17. The first-order valence-electron chi connectivity index (χ1n) is 9.68. The Kier molecular flexibility index (Phi) is 5.68. The Bertz CT molecular complexity index is 1150. The molecule has 0 saturated heterocycles. The van der Waals surface area contributed by atoms with Gasteiger partial charge in [0.05, 0.1) is 17.3 Å². The first-order valence-corrected chi connectivity index (χ1v) is 9.68. The van der Waals surface area contributed by atoms with Crippen molar-refractivity contribution in [1.29, 1.82) is 5.26 Å². The van der Waals surface area contributed by atoms with E-state index < -0.39 is 0 Å². The average molecular weight is 391 g/mol. The fourth-order valence-electron chi connectivity index (χ4n) is 3.14. The van der Waals surface area contributed by atoms with Crippen LogP contribution in [0.2, 0.25) is 0 Å². The lowest BCUT2D eigenvalue weighted by molar-refractivity contribution is 0.893. The van der Waals surface area contributed by atoms with E-state index in [-0.39, 0.29) is 0 Å². The van der Waals surface area contributed by atoms with Crippen molar-refractivity contribution < 1.29 is 0 Å². The van der Waals surface area contributed by atoms with Gasteiger partial charge in [0.25, 0.3) is 0 Å². The van der Waals surface area contributed by atoms with E-state index in [1.807, 2.05) is 73.8 Å². The Morgan fingerprint density at radius 1 is 0.867 bits per heavy atom. The third kappa shape index (κ3) is 4.62. The summed E-state index contributed by atoms with van der Waals surface area (Å²) in [7, 11) is 2.02. The molecule has 146 valence electrons. The summed E-state index contributed by atoms with van der Waals surface area (Å²) in [6, 6.07) is 31.7. The van der Waals surface area contributed by atoms with E-state index in [4.69, 9.17) is 15.2 Å². The minimum absolute atomic E-state index is 0.510. The Morgan fingerprint density at radius 2 is 1.53 bits per heavy atom. The van der Waals surface area contributed by atoms with Crippen molar-refractivity contribution in [2.24, 2.45) is 0 Å². The van der Waals surface area contributed by atoms with E-state index in [1.54, 1.807) is 12.1 Å². The minimum atomic E-state index is 0.510. The molecule has 5 heteroatoms. The fraction of sp³-hybridized carbons (Fsp3) is 0.0800. The molecular weight excluding hydrogens is 370 g/mol. The lowest BCUT2D eigenvalue weighted by Gasteiger charge is -2.20. The third-order valence-electron chi connectivity index (χ3n) is 4.71. The number of hydrogen-bond acceptors (Lipinski definition) is 5. The van der Waals surface area contributed by atoms with Crippen LogP contribution in [0.15, 0.2) is 91.0 Å². The summed E-state index contributed by atoms with van der Waals surface area (Å²) in [5, 5.41) is 12.3. The fourth-order valence-corrected chi connectivity index (χ4v) is 3.14. The van der Waals surface area contributed by atoms with E-state index in [0.29, 0.717) is 11.5 Å². The zero-order valence-corrected chi connectivity index (χ0v) is 16.7. The molecule has 0 fully saturated rings. The standard InChI is InChI=1S/C25H21N5/c1-30(18-20-8-4-2-5-9-20)24-16-23(21-10-6-3-7-11-21)28-25(29-24)27-22-14-12-19(17-26)13-15-22/h2-16H,18H2,1H3,(H,27,28,29). The van der Waals surface area contributed by atoms with Crippen LogP contribution in [0.25, 0.3) is 11.3 Å². The van der Waals surface area contributed by atoms with Crippen molar-refractivity contribution in [3.63, 3.8) is 0 Å². The van der Waals surface area contributed by atoms with Crippen LogP contribution >= 0.6 is 0 Å². The summed E-state index contributed by atoms with van der Waals surface area (Å²) in [6.07, 6.45) is 0. The maximum absolute atomic E-state index is 9.00. The van der Waals surface area contributed by atoms with Gasteiger partial charge >= 0.3 is 0 Å². The van der Waals surface area contributed by atoms with Crippen molar-refractivity contribution in [3.8, 4) is 17.3 Å². The molecule has 30 heavy (non-hydrogen) atoms. The van der Waals surface area contributed by atoms with Gasteiger partial charge in [0.15, 0.2) is 0 Å². The monoisotopic (exact) mass is 391 g/mol. The summed E-state index contributed by atoms with van der Waals surface area (Å²) in [5.74, 6) is 1.33. The van der Waals surface area contributed by atoms with Crippen LogP contribution in [-0.2, 0) is 6.54 Å². The molecule has 0 unspecified atom stereocenters. The second-order valence-corrected chi connectivity index (χ2v) is 6.96. The van der Waals surface area contributed by atoms with Crippen LogP contribution in [0.4, 0.5) is 17.5 Å². The highest BCUT2D eigenvalue weighted by molar-refractivity contribution is 5.66. The number of rotatable bonds is 6. The predicted molar refractivity (Wildman–Crippen MR) is 120 cm³/mol. The van der Waals surface area contributed by atoms with Crippen LogP contribution in [0, 0.1) is 11.3 Å². The van der Waals surface area contributed by atoms with Gasteiger partial charge in [0, 0.05) is 30.9 Å². The number of nitrogens with one attached hydrogen (secondary N) is 1. The molecule has 0 radical (unpaired) electrons. The highest BCUT2D eigenvalue weighted by atomic mass is 15.2. The lowest BCUT2D eigenvalue weighted by Crippen LogP contribution is -2.18. The van der Waals surface area contributed by atoms with Crippen molar-refractivity contribution in [3.05, 3.63) is 102 Å². The third-order valence-corrected chi connectivity index (χ3v) is 4.71. The number of nitrogens with zero attached hydrogens (tertiary/aromatic N) is 4. The quantitative estimate of drug-likeness (QED) is 0.477. The SMILES string of the molecule is CN(Cc1ccccc1)c1cc(-c2ccccc2)nc(Nc2ccc(C#N)cc2)n1. The van der Waals surface area contributed by atoms with Crippen LogP contribution in [0.5, 0.6) is 0 Å². The van der Waals surface area contributed by atoms with Crippen LogP contribution < -0.4 is 10.2 Å². The van der Waals surface area contributed by atoms with Gasteiger partial charge < -0.3 is 10.2 Å². The summed E-state index contributed by atoms with van der Waals surface area (Å²) < 4.78 is 0. The molecule has 0 amide bonds. The molecule has 3 aromatic carbocycles. The maximum atomic E-state index is 9.00. The van der Waals surface area contributed by atoms with Crippen LogP contribution in [0.3, 0.4) is 0 Å². The molecule has 1 heterocycles. The molecule has 0 aliphatic rings. The second kappa shape index (κ2) is 8.89. The van der Waals surface area contributed by atoms with E-state index in [9.17, 15) is 0 Å². The number of anilines is 3. The van der Waals surface area contributed by atoms with Gasteiger partial charge in [-0.2, -0.15) is 10.2 Å². The molecular formula is C25H21N5.